The molecule has 0 spiro atoms. The first-order chi connectivity index (χ1) is 11.3. The molecular formula is C17H17N5O. The molecule has 0 unspecified atom stereocenters. The van der Waals surface area contributed by atoms with E-state index in [-0.39, 0.29) is 0 Å². The molecule has 2 aromatic heterocycles. The van der Waals surface area contributed by atoms with E-state index in [1.165, 1.54) is 5.56 Å². The Hall–Kier alpha value is -3.02. The minimum atomic E-state index is 0.516. The van der Waals surface area contributed by atoms with Gasteiger partial charge in [-0.1, -0.05) is 6.07 Å². The molecule has 0 radical (unpaired) electrons. The lowest BCUT2D eigenvalue weighted by molar-refractivity contribution is 0.415. The van der Waals surface area contributed by atoms with Crippen molar-refractivity contribution >= 4 is 5.95 Å². The Morgan fingerprint density at radius 2 is 1.96 bits per heavy atom. The van der Waals surface area contributed by atoms with Crippen molar-refractivity contribution in [3.05, 3.63) is 60.6 Å². The molecule has 0 amide bonds. The maximum Gasteiger partial charge on any atom is 0.243 e. The maximum atomic E-state index is 5.16. The number of ether oxygens (including phenoxy) is 1. The molecule has 23 heavy (non-hydrogen) atoms. The largest absolute Gasteiger partial charge is 0.497 e. The van der Waals surface area contributed by atoms with Crippen LogP contribution in [0.15, 0.2) is 55.0 Å². The van der Waals surface area contributed by atoms with E-state index in [0.717, 1.165) is 30.0 Å². The zero-order chi connectivity index (χ0) is 15.9. The lowest BCUT2D eigenvalue weighted by Gasteiger charge is -2.06. The van der Waals surface area contributed by atoms with Crippen LogP contribution in [0.2, 0.25) is 0 Å². The Morgan fingerprint density at radius 1 is 1.09 bits per heavy atom. The summed E-state index contributed by atoms with van der Waals surface area (Å²) in [6.07, 6.45) is 6.12. The van der Waals surface area contributed by atoms with Crippen molar-refractivity contribution in [2.75, 3.05) is 19.0 Å². The van der Waals surface area contributed by atoms with E-state index in [1.807, 2.05) is 42.6 Å². The smallest absolute Gasteiger partial charge is 0.243 e. The van der Waals surface area contributed by atoms with Crippen molar-refractivity contribution in [3.63, 3.8) is 0 Å². The van der Waals surface area contributed by atoms with Crippen LogP contribution in [0.3, 0.4) is 0 Å². The van der Waals surface area contributed by atoms with Crippen LogP contribution >= 0.6 is 0 Å². The van der Waals surface area contributed by atoms with Gasteiger partial charge in [-0.15, -0.1) is 5.10 Å². The monoisotopic (exact) mass is 307 g/mol. The third-order valence-electron chi connectivity index (χ3n) is 3.36. The van der Waals surface area contributed by atoms with Gasteiger partial charge in [0.15, 0.2) is 0 Å². The summed E-state index contributed by atoms with van der Waals surface area (Å²) in [6, 6.07) is 11.7. The fourth-order valence-electron chi connectivity index (χ4n) is 2.14. The van der Waals surface area contributed by atoms with Crippen LogP contribution in [0, 0.1) is 0 Å². The summed E-state index contributed by atoms with van der Waals surface area (Å²) in [7, 11) is 1.64. The Balaban J connectivity index is 1.64. The highest BCUT2D eigenvalue weighted by Gasteiger charge is 2.04. The predicted octanol–water partition coefficient (Wildman–Crippen LogP) is 2.60. The van der Waals surface area contributed by atoms with Gasteiger partial charge >= 0.3 is 0 Å². The molecule has 0 aliphatic carbocycles. The summed E-state index contributed by atoms with van der Waals surface area (Å²) < 4.78 is 5.16. The number of benzene rings is 1. The van der Waals surface area contributed by atoms with Crippen molar-refractivity contribution in [1.29, 1.82) is 0 Å². The third kappa shape index (κ3) is 4.00. The number of nitrogens with zero attached hydrogens (tertiary/aromatic N) is 4. The summed E-state index contributed by atoms with van der Waals surface area (Å²) in [5.41, 5.74) is 2.90. The van der Waals surface area contributed by atoms with Gasteiger partial charge in [-0.3, -0.25) is 4.98 Å². The summed E-state index contributed by atoms with van der Waals surface area (Å²) in [5.74, 6) is 1.33. The highest BCUT2D eigenvalue weighted by atomic mass is 16.5. The van der Waals surface area contributed by atoms with Crippen LogP contribution in [-0.2, 0) is 6.42 Å². The van der Waals surface area contributed by atoms with Crippen LogP contribution in [0.5, 0.6) is 5.75 Å². The number of aromatic nitrogens is 4. The third-order valence-corrected chi connectivity index (χ3v) is 3.36. The second kappa shape index (κ2) is 7.31. The second-order valence-corrected chi connectivity index (χ2v) is 4.93. The van der Waals surface area contributed by atoms with E-state index in [4.69, 9.17) is 4.74 Å². The van der Waals surface area contributed by atoms with E-state index in [1.54, 1.807) is 19.5 Å². The fraction of sp³-hybridized carbons (Fsp3) is 0.176. The summed E-state index contributed by atoms with van der Waals surface area (Å²) in [5, 5.41) is 11.2. The maximum absolute atomic E-state index is 5.16. The molecule has 0 saturated carbocycles. The van der Waals surface area contributed by atoms with Gasteiger partial charge in [0, 0.05) is 24.5 Å². The van der Waals surface area contributed by atoms with Crippen molar-refractivity contribution < 1.29 is 4.74 Å². The molecule has 6 nitrogen and oxygen atoms in total. The zero-order valence-corrected chi connectivity index (χ0v) is 12.8. The van der Waals surface area contributed by atoms with E-state index >= 15 is 0 Å². The van der Waals surface area contributed by atoms with E-state index < -0.39 is 0 Å². The standard InChI is InChI=1S/C17H17N5O/c1-23-15-6-4-14(5-7-15)16-12-20-22-17(21-16)19-10-8-13-3-2-9-18-11-13/h2-7,9,11-12H,8,10H2,1H3,(H,19,21,22). The minimum Gasteiger partial charge on any atom is -0.497 e. The average Bonchev–Trinajstić information content (AvgIpc) is 2.63. The number of hydrogen-bond acceptors (Lipinski definition) is 6. The Bertz CT molecular complexity index is 746. The number of nitrogens with one attached hydrogen (secondary N) is 1. The molecule has 2 heterocycles. The van der Waals surface area contributed by atoms with Gasteiger partial charge < -0.3 is 10.1 Å². The fourth-order valence-corrected chi connectivity index (χ4v) is 2.14. The van der Waals surface area contributed by atoms with Gasteiger partial charge in [0.05, 0.1) is 19.0 Å². The first-order valence-corrected chi connectivity index (χ1v) is 7.32. The molecule has 6 heteroatoms. The van der Waals surface area contributed by atoms with Gasteiger partial charge in [0.25, 0.3) is 0 Å². The lowest BCUT2D eigenvalue weighted by Crippen LogP contribution is -2.09. The zero-order valence-electron chi connectivity index (χ0n) is 12.8. The quantitative estimate of drug-likeness (QED) is 0.754. The molecule has 3 aromatic rings. The molecular weight excluding hydrogens is 290 g/mol. The van der Waals surface area contributed by atoms with Gasteiger partial charge in [0.1, 0.15) is 5.75 Å². The Labute approximate surface area is 134 Å². The minimum absolute atomic E-state index is 0.516. The van der Waals surface area contributed by atoms with Gasteiger partial charge in [-0.05, 0) is 42.3 Å². The van der Waals surface area contributed by atoms with Gasteiger partial charge in [-0.25, -0.2) is 4.98 Å². The summed E-state index contributed by atoms with van der Waals surface area (Å²) in [6.45, 7) is 0.722. The van der Waals surface area contributed by atoms with Gasteiger partial charge in [-0.2, -0.15) is 5.10 Å². The van der Waals surface area contributed by atoms with Crippen LogP contribution in [0.25, 0.3) is 11.3 Å². The van der Waals surface area contributed by atoms with Crippen molar-refractivity contribution in [1.82, 2.24) is 20.2 Å². The van der Waals surface area contributed by atoms with Crippen molar-refractivity contribution in [2.45, 2.75) is 6.42 Å². The number of methoxy groups -OCH3 is 1. The molecule has 1 aromatic carbocycles. The SMILES string of the molecule is COc1ccc(-c2cnnc(NCCc3cccnc3)n2)cc1. The first-order valence-electron chi connectivity index (χ1n) is 7.32. The topological polar surface area (TPSA) is 72.8 Å². The molecule has 0 aliphatic heterocycles. The van der Waals surface area contributed by atoms with Crippen LogP contribution < -0.4 is 10.1 Å². The van der Waals surface area contributed by atoms with Crippen LogP contribution in [0.4, 0.5) is 5.95 Å². The normalized spacial score (nSPS) is 10.3. The van der Waals surface area contributed by atoms with Crippen LogP contribution in [0.1, 0.15) is 5.56 Å². The first kappa shape index (κ1) is 14.9. The molecule has 0 atom stereocenters. The van der Waals surface area contributed by atoms with Crippen molar-refractivity contribution in [2.24, 2.45) is 0 Å². The van der Waals surface area contributed by atoms with Crippen LogP contribution in [-0.4, -0.2) is 33.8 Å². The second-order valence-electron chi connectivity index (χ2n) is 4.93. The highest BCUT2D eigenvalue weighted by molar-refractivity contribution is 5.60. The molecule has 0 saturated heterocycles. The molecule has 3 rings (SSSR count). The molecule has 0 fully saturated rings. The summed E-state index contributed by atoms with van der Waals surface area (Å²) in [4.78, 5) is 8.59. The number of hydrogen-bond donors (Lipinski definition) is 1. The average molecular weight is 307 g/mol. The summed E-state index contributed by atoms with van der Waals surface area (Å²) >= 11 is 0. The molecule has 116 valence electrons. The number of rotatable bonds is 6. The Morgan fingerprint density at radius 3 is 2.70 bits per heavy atom. The lowest BCUT2D eigenvalue weighted by atomic mass is 10.1. The molecule has 1 N–H and O–H groups in total. The predicted molar refractivity (Wildman–Crippen MR) is 88.2 cm³/mol. The van der Waals surface area contributed by atoms with Gasteiger partial charge in [0.2, 0.25) is 5.95 Å². The van der Waals surface area contributed by atoms with E-state index in [2.05, 4.69) is 25.5 Å². The van der Waals surface area contributed by atoms with E-state index in [0.29, 0.717) is 5.95 Å². The molecule has 0 aliphatic rings. The number of pyridine rings is 1. The highest BCUT2D eigenvalue weighted by Crippen LogP contribution is 2.20. The number of anilines is 1. The Kier molecular flexibility index (Phi) is 4.73. The van der Waals surface area contributed by atoms with E-state index in [9.17, 15) is 0 Å². The molecule has 0 bridgehead atoms. The van der Waals surface area contributed by atoms with Crippen molar-refractivity contribution in [3.8, 4) is 17.0 Å².